The van der Waals surface area contributed by atoms with Crippen molar-refractivity contribution in [2.75, 3.05) is 4.90 Å². The first-order valence-electron chi connectivity index (χ1n) is 21.9. The van der Waals surface area contributed by atoms with E-state index in [1.807, 2.05) is 0 Å². The van der Waals surface area contributed by atoms with E-state index in [4.69, 9.17) is 4.42 Å². The quantitative estimate of drug-likeness (QED) is 0.152. The summed E-state index contributed by atoms with van der Waals surface area (Å²) in [7, 11) is 0. The van der Waals surface area contributed by atoms with Crippen LogP contribution >= 0.6 is 0 Å². The van der Waals surface area contributed by atoms with Gasteiger partial charge in [0.1, 0.15) is 11.2 Å². The fraction of sp³-hybridized carbons (Fsp3) is 0. The van der Waals surface area contributed by atoms with Crippen molar-refractivity contribution in [1.29, 1.82) is 0 Å². The summed E-state index contributed by atoms with van der Waals surface area (Å²) < 4.78 is 6.68. The third kappa shape index (κ3) is 6.70. The van der Waals surface area contributed by atoms with E-state index in [0.29, 0.717) is 0 Å². The summed E-state index contributed by atoms with van der Waals surface area (Å²) in [4.78, 5) is 2.39. The topological polar surface area (TPSA) is 16.4 Å². The van der Waals surface area contributed by atoms with Gasteiger partial charge in [0.05, 0.1) is 5.69 Å². The summed E-state index contributed by atoms with van der Waals surface area (Å²) >= 11 is 0. The lowest BCUT2D eigenvalue weighted by atomic mass is 9.95. The van der Waals surface area contributed by atoms with Gasteiger partial charge in [-0.25, -0.2) is 0 Å². The molecule has 0 unspecified atom stereocenters. The molecule has 2 heteroatoms. The molecule has 1 aromatic heterocycles. The number of para-hydroxylation sites is 1. The van der Waals surface area contributed by atoms with Crippen molar-refractivity contribution in [2.45, 2.75) is 0 Å². The van der Waals surface area contributed by atoms with E-state index in [2.05, 4.69) is 254 Å². The minimum absolute atomic E-state index is 0.878. The molecule has 0 saturated heterocycles. The smallest absolute Gasteiger partial charge is 0.143 e. The monoisotopic (exact) mass is 815 g/mol. The molecule has 0 N–H and O–H groups in total. The van der Waals surface area contributed by atoms with Crippen LogP contribution in [0, 0.1) is 0 Å². The standard InChI is InChI=1S/C62H41NO/c1-2-12-42(13-3-1)50-17-10-18-51(40-50)47-32-37-54(38-33-47)63(53-35-30-45(31-36-53)44-24-26-46(27-25-44)52-29-28-43-14-4-5-16-49(43)41-52)59-22-9-8-20-56(59)57-21-11-23-60-61(57)58-39-34-48-15-6-7-19-55(48)62(58)64-60/h1-41H. The van der Waals surface area contributed by atoms with Crippen LogP contribution in [-0.4, -0.2) is 0 Å². The highest BCUT2D eigenvalue weighted by Gasteiger charge is 2.21. The van der Waals surface area contributed by atoms with Gasteiger partial charge < -0.3 is 9.32 Å². The van der Waals surface area contributed by atoms with Gasteiger partial charge in [0.15, 0.2) is 0 Å². The zero-order valence-corrected chi connectivity index (χ0v) is 35.0. The fourth-order valence-corrected chi connectivity index (χ4v) is 9.44. The van der Waals surface area contributed by atoms with Gasteiger partial charge in [-0.15, -0.1) is 0 Å². The maximum absolute atomic E-state index is 6.68. The SMILES string of the molecule is c1ccc(-c2cccc(-c3ccc(N(c4ccc(-c5ccc(-c6ccc7ccccc7c6)cc5)cc4)c4ccccc4-c4cccc5oc6c7ccccc7ccc6c45)cc3)c2)cc1. The molecule has 0 aliphatic heterocycles. The van der Waals surface area contributed by atoms with Gasteiger partial charge in [0.25, 0.3) is 0 Å². The van der Waals surface area contributed by atoms with Crippen molar-refractivity contribution in [3.05, 3.63) is 249 Å². The molecule has 0 fully saturated rings. The Bertz CT molecular complexity index is 3640. The maximum atomic E-state index is 6.68. The molecule has 64 heavy (non-hydrogen) atoms. The van der Waals surface area contributed by atoms with Crippen LogP contribution in [0.2, 0.25) is 0 Å². The van der Waals surface area contributed by atoms with Crippen LogP contribution in [0.5, 0.6) is 0 Å². The maximum Gasteiger partial charge on any atom is 0.143 e. The normalized spacial score (nSPS) is 11.4. The minimum Gasteiger partial charge on any atom is -0.455 e. The van der Waals surface area contributed by atoms with Crippen LogP contribution in [0.15, 0.2) is 253 Å². The predicted molar refractivity (Wildman–Crippen MR) is 271 cm³/mol. The molecular weight excluding hydrogens is 775 g/mol. The highest BCUT2D eigenvalue weighted by atomic mass is 16.3. The van der Waals surface area contributed by atoms with Crippen molar-refractivity contribution >= 4 is 60.5 Å². The first-order valence-corrected chi connectivity index (χ1v) is 21.9. The average molecular weight is 816 g/mol. The van der Waals surface area contributed by atoms with Crippen molar-refractivity contribution in [3.8, 4) is 55.6 Å². The van der Waals surface area contributed by atoms with Gasteiger partial charge in [0, 0.05) is 33.1 Å². The Morgan fingerprint density at radius 3 is 1.48 bits per heavy atom. The first-order chi connectivity index (χ1) is 31.7. The Morgan fingerprint density at radius 2 is 0.766 bits per heavy atom. The zero-order chi connectivity index (χ0) is 42.4. The lowest BCUT2D eigenvalue weighted by molar-refractivity contribution is 0.673. The van der Waals surface area contributed by atoms with E-state index in [-0.39, 0.29) is 0 Å². The zero-order valence-electron chi connectivity index (χ0n) is 35.0. The number of hydrogen-bond donors (Lipinski definition) is 0. The van der Waals surface area contributed by atoms with Crippen LogP contribution in [-0.2, 0) is 0 Å². The third-order valence-corrected chi connectivity index (χ3v) is 12.7. The molecule has 0 bridgehead atoms. The molecule has 0 atom stereocenters. The molecular formula is C62H41NO. The average Bonchev–Trinajstić information content (AvgIpc) is 3.77. The molecule has 0 saturated carbocycles. The molecule has 300 valence electrons. The van der Waals surface area contributed by atoms with Crippen LogP contribution in [0.4, 0.5) is 17.1 Å². The van der Waals surface area contributed by atoms with Gasteiger partial charge in [0.2, 0.25) is 0 Å². The number of anilines is 3. The summed E-state index contributed by atoms with van der Waals surface area (Å²) in [6, 6.07) is 89.6. The Hall–Kier alpha value is -8.46. The highest BCUT2D eigenvalue weighted by molar-refractivity contribution is 6.19. The van der Waals surface area contributed by atoms with Gasteiger partial charge >= 0.3 is 0 Å². The number of hydrogen-bond acceptors (Lipinski definition) is 2. The lowest BCUT2D eigenvalue weighted by Crippen LogP contribution is -2.11. The van der Waals surface area contributed by atoms with Crippen LogP contribution < -0.4 is 4.90 Å². The second-order valence-corrected chi connectivity index (χ2v) is 16.5. The molecule has 0 amide bonds. The Balaban J connectivity index is 0.957. The molecule has 0 aliphatic rings. The van der Waals surface area contributed by atoms with Crippen molar-refractivity contribution < 1.29 is 4.42 Å². The summed E-state index contributed by atoms with van der Waals surface area (Å²) in [6.45, 7) is 0. The third-order valence-electron chi connectivity index (χ3n) is 12.7. The fourth-order valence-electron chi connectivity index (χ4n) is 9.44. The predicted octanol–water partition coefficient (Wildman–Crippen LogP) is 17.7. The largest absolute Gasteiger partial charge is 0.455 e. The molecule has 1 heterocycles. The summed E-state index contributed by atoms with van der Waals surface area (Å²) in [5, 5.41) is 7.03. The second-order valence-electron chi connectivity index (χ2n) is 16.5. The summed E-state index contributed by atoms with van der Waals surface area (Å²) in [6.07, 6.45) is 0. The molecule has 12 rings (SSSR count). The van der Waals surface area contributed by atoms with Gasteiger partial charge in [-0.2, -0.15) is 0 Å². The molecule has 12 aromatic rings. The highest BCUT2D eigenvalue weighted by Crippen LogP contribution is 2.46. The Morgan fingerprint density at radius 1 is 0.281 bits per heavy atom. The van der Waals surface area contributed by atoms with E-state index in [1.54, 1.807) is 0 Å². The molecule has 0 aliphatic carbocycles. The van der Waals surface area contributed by atoms with Gasteiger partial charge in [-0.3, -0.25) is 0 Å². The number of benzene rings is 11. The van der Waals surface area contributed by atoms with Crippen molar-refractivity contribution in [2.24, 2.45) is 0 Å². The van der Waals surface area contributed by atoms with E-state index in [9.17, 15) is 0 Å². The van der Waals surface area contributed by atoms with E-state index >= 15 is 0 Å². The van der Waals surface area contributed by atoms with Gasteiger partial charge in [-0.05, 0) is 121 Å². The molecule has 2 nitrogen and oxygen atoms in total. The number of rotatable bonds is 8. The number of fused-ring (bicyclic) bond motifs is 6. The minimum atomic E-state index is 0.878. The van der Waals surface area contributed by atoms with Crippen LogP contribution in [0.3, 0.4) is 0 Å². The van der Waals surface area contributed by atoms with Gasteiger partial charge in [-0.1, -0.05) is 194 Å². The summed E-state index contributed by atoms with van der Waals surface area (Å²) in [5.74, 6) is 0. The van der Waals surface area contributed by atoms with E-state index < -0.39 is 0 Å². The number of nitrogens with zero attached hydrogens (tertiary/aromatic N) is 1. The van der Waals surface area contributed by atoms with E-state index in [0.717, 1.165) is 61.1 Å². The van der Waals surface area contributed by atoms with Crippen molar-refractivity contribution in [1.82, 2.24) is 0 Å². The van der Waals surface area contributed by atoms with Crippen LogP contribution in [0.25, 0.3) is 99.1 Å². The molecule has 0 radical (unpaired) electrons. The molecule has 11 aromatic carbocycles. The van der Waals surface area contributed by atoms with Crippen molar-refractivity contribution in [3.63, 3.8) is 0 Å². The van der Waals surface area contributed by atoms with Crippen LogP contribution in [0.1, 0.15) is 0 Å². The second kappa shape index (κ2) is 15.8. The Labute approximate surface area is 372 Å². The molecule has 0 spiro atoms. The summed E-state index contributed by atoms with van der Waals surface area (Å²) in [5.41, 5.74) is 16.8. The van der Waals surface area contributed by atoms with E-state index in [1.165, 1.54) is 55.1 Å². The lowest BCUT2D eigenvalue weighted by Gasteiger charge is -2.28. The first kappa shape index (κ1) is 37.3. The Kier molecular flexibility index (Phi) is 9.20. The number of furan rings is 1.